The molecule has 3 heterocycles. The highest BCUT2D eigenvalue weighted by Gasteiger charge is 2.20. The maximum absolute atomic E-state index is 12.3. The maximum Gasteiger partial charge on any atom is 0.306 e. The monoisotopic (exact) mass is 393 g/mol. The molecule has 9 heteroatoms. The van der Waals surface area contributed by atoms with E-state index in [1.165, 1.54) is 0 Å². The van der Waals surface area contributed by atoms with Crippen molar-refractivity contribution in [2.75, 3.05) is 0 Å². The Kier molecular flexibility index (Phi) is 5.83. The first-order valence-corrected chi connectivity index (χ1v) is 8.96. The van der Waals surface area contributed by atoms with Crippen molar-refractivity contribution >= 4 is 5.97 Å². The molecule has 0 saturated heterocycles. The SMILES string of the molecule is Cc1[nH]c(=O)c(C#N)c(C)c1CCC(=O)OC(C)c1nc(-c2cccnc2)no1. The van der Waals surface area contributed by atoms with Crippen molar-refractivity contribution in [3.05, 3.63) is 63.2 Å². The number of carbonyl (C=O) groups excluding carboxylic acids is 1. The van der Waals surface area contributed by atoms with E-state index in [9.17, 15) is 9.59 Å². The molecule has 3 aromatic heterocycles. The van der Waals surface area contributed by atoms with Gasteiger partial charge in [-0.25, -0.2) is 0 Å². The number of aromatic nitrogens is 4. The van der Waals surface area contributed by atoms with Crippen LogP contribution in [0.1, 0.15) is 47.7 Å². The van der Waals surface area contributed by atoms with Gasteiger partial charge in [0.05, 0.1) is 0 Å². The van der Waals surface area contributed by atoms with Gasteiger partial charge in [0.25, 0.3) is 11.4 Å². The lowest BCUT2D eigenvalue weighted by Gasteiger charge is -2.12. The molecule has 1 atom stereocenters. The Hall–Kier alpha value is -3.80. The number of carbonyl (C=O) groups is 1. The number of ether oxygens (including phenoxy) is 1. The van der Waals surface area contributed by atoms with Gasteiger partial charge >= 0.3 is 5.97 Å². The molecular formula is C20H19N5O4. The van der Waals surface area contributed by atoms with E-state index < -0.39 is 17.6 Å². The van der Waals surface area contributed by atoms with Crippen LogP contribution < -0.4 is 5.56 Å². The quantitative estimate of drug-likeness (QED) is 0.631. The van der Waals surface area contributed by atoms with Gasteiger partial charge in [-0.1, -0.05) is 5.16 Å². The van der Waals surface area contributed by atoms with Crippen LogP contribution in [0.4, 0.5) is 0 Å². The largest absolute Gasteiger partial charge is 0.453 e. The predicted octanol–water partition coefficient (Wildman–Crippen LogP) is 2.55. The van der Waals surface area contributed by atoms with Crippen LogP contribution in [0.15, 0.2) is 33.8 Å². The van der Waals surface area contributed by atoms with Crippen molar-refractivity contribution < 1.29 is 14.1 Å². The summed E-state index contributed by atoms with van der Waals surface area (Å²) in [7, 11) is 0. The van der Waals surface area contributed by atoms with E-state index in [4.69, 9.17) is 14.5 Å². The first-order chi connectivity index (χ1) is 13.9. The Balaban J connectivity index is 1.64. The summed E-state index contributed by atoms with van der Waals surface area (Å²) in [5, 5.41) is 13.0. The number of pyridine rings is 2. The zero-order chi connectivity index (χ0) is 21.0. The highest BCUT2D eigenvalue weighted by Crippen LogP contribution is 2.21. The number of esters is 1. The molecule has 3 aromatic rings. The summed E-state index contributed by atoms with van der Waals surface area (Å²) in [5.41, 5.74) is 2.28. The summed E-state index contributed by atoms with van der Waals surface area (Å²) >= 11 is 0. The van der Waals surface area contributed by atoms with Gasteiger partial charge in [0, 0.05) is 30.1 Å². The van der Waals surface area contributed by atoms with E-state index in [0.717, 1.165) is 5.56 Å². The van der Waals surface area contributed by atoms with Crippen LogP contribution in [-0.2, 0) is 16.0 Å². The topological polar surface area (TPSA) is 135 Å². The molecule has 29 heavy (non-hydrogen) atoms. The molecule has 1 unspecified atom stereocenters. The highest BCUT2D eigenvalue weighted by atomic mass is 16.6. The fraction of sp³-hybridized carbons (Fsp3) is 0.300. The third-order valence-corrected chi connectivity index (χ3v) is 4.52. The van der Waals surface area contributed by atoms with Crippen molar-refractivity contribution in [2.24, 2.45) is 0 Å². The third kappa shape index (κ3) is 4.38. The smallest absolute Gasteiger partial charge is 0.306 e. The van der Waals surface area contributed by atoms with Gasteiger partial charge in [0.15, 0.2) is 6.10 Å². The molecule has 3 rings (SSSR count). The number of hydrogen-bond acceptors (Lipinski definition) is 8. The van der Waals surface area contributed by atoms with Gasteiger partial charge in [0.1, 0.15) is 11.6 Å². The highest BCUT2D eigenvalue weighted by molar-refractivity contribution is 5.70. The predicted molar refractivity (Wildman–Crippen MR) is 102 cm³/mol. The first-order valence-electron chi connectivity index (χ1n) is 8.96. The average Bonchev–Trinajstić information content (AvgIpc) is 3.19. The minimum Gasteiger partial charge on any atom is -0.453 e. The number of nitrogens with one attached hydrogen (secondary N) is 1. The van der Waals surface area contributed by atoms with E-state index in [1.807, 2.05) is 6.07 Å². The molecule has 0 spiro atoms. The number of nitrogens with zero attached hydrogens (tertiary/aromatic N) is 4. The Morgan fingerprint density at radius 1 is 1.41 bits per heavy atom. The first kappa shape index (κ1) is 19.9. The molecule has 0 aliphatic rings. The number of aryl methyl sites for hydroxylation is 1. The zero-order valence-electron chi connectivity index (χ0n) is 16.2. The van der Waals surface area contributed by atoms with E-state index in [0.29, 0.717) is 29.1 Å². The van der Waals surface area contributed by atoms with Crippen LogP contribution in [0.2, 0.25) is 0 Å². The summed E-state index contributed by atoms with van der Waals surface area (Å²) in [5.74, 6) is 0.0852. The molecule has 0 fully saturated rings. The van der Waals surface area contributed by atoms with E-state index in [-0.39, 0.29) is 17.9 Å². The fourth-order valence-corrected chi connectivity index (χ4v) is 2.97. The Morgan fingerprint density at radius 3 is 2.90 bits per heavy atom. The summed E-state index contributed by atoms with van der Waals surface area (Å²) in [6, 6.07) is 5.45. The van der Waals surface area contributed by atoms with Crippen LogP contribution in [0.3, 0.4) is 0 Å². The molecule has 1 N–H and O–H groups in total. The lowest BCUT2D eigenvalue weighted by Crippen LogP contribution is -2.17. The lowest BCUT2D eigenvalue weighted by atomic mass is 9.99. The van der Waals surface area contributed by atoms with Crippen LogP contribution in [0.25, 0.3) is 11.4 Å². The van der Waals surface area contributed by atoms with Crippen LogP contribution in [0.5, 0.6) is 0 Å². The molecule has 0 aliphatic heterocycles. The Bertz CT molecular complexity index is 1130. The fourth-order valence-electron chi connectivity index (χ4n) is 2.97. The van der Waals surface area contributed by atoms with Crippen molar-refractivity contribution in [2.45, 2.75) is 39.7 Å². The Morgan fingerprint density at radius 2 is 2.21 bits per heavy atom. The molecule has 0 aliphatic carbocycles. The maximum atomic E-state index is 12.3. The summed E-state index contributed by atoms with van der Waals surface area (Å²) in [6.45, 7) is 5.07. The van der Waals surface area contributed by atoms with Crippen LogP contribution in [-0.4, -0.2) is 26.1 Å². The number of rotatable bonds is 6. The second kappa shape index (κ2) is 8.48. The normalized spacial score (nSPS) is 11.7. The minimum absolute atomic E-state index is 0.0566. The van der Waals surface area contributed by atoms with E-state index in [2.05, 4.69) is 20.1 Å². The van der Waals surface area contributed by atoms with Gasteiger partial charge in [-0.05, 0) is 50.5 Å². The van der Waals surface area contributed by atoms with Crippen molar-refractivity contribution in [1.82, 2.24) is 20.1 Å². The summed E-state index contributed by atoms with van der Waals surface area (Å²) < 4.78 is 10.6. The van der Waals surface area contributed by atoms with Gasteiger partial charge in [-0.15, -0.1) is 0 Å². The summed E-state index contributed by atoms with van der Waals surface area (Å²) in [4.78, 5) is 34.9. The Labute approximate surface area is 166 Å². The molecule has 0 radical (unpaired) electrons. The third-order valence-electron chi connectivity index (χ3n) is 4.52. The molecule has 0 amide bonds. The molecule has 0 bridgehead atoms. The molecular weight excluding hydrogens is 374 g/mol. The second-order valence-electron chi connectivity index (χ2n) is 6.50. The van der Waals surface area contributed by atoms with Crippen LogP contribution >= 0.6 is 0 Å². The van der Waals surface area contributed by atoms with Crippen molar-refractivity contribution in [3.8, 4) is 17.5 Å². The minimum atomic E-state index is -0.715. The number of nitriles is 1. The van der Waals surface area contributed by atoms with Crippen LogP contribution in [0, 0.1) is 25.2 Å². The molecule has 0 saturated carbocycles. The molecule has 9 nitrogen and oxygen atoms in total. The van der Waals surface area contributed by atoms with Gasteiger partial charge in [0.2, 0.25) is 5.82 Å². The van der Waals surface area contributed by atoms with Crippen molar-refractivity contribution in [3.63, 3.8) is 0 Å². The zero-order valence-corrected chi connectivity index (χ0v) is 16.2. The standard InChI is InChI=1S/C20H19N5O4/c1-11-15(12(2)23-19(27)16(11)9-21)6-7-17(26)28-13(3)20-24-18(25-29-20)14-5-4-8-22-10-14/h4-5,8,10,13H,6-7H2,1-3H3,(H,23,27). The molecule has 0 aromatic carbocycles. The van der Waals surface area contributed by atoms with Gasteiger partial charge in [-0.3, -0.25) is 14.6 Å². The second-order valence-corrected chi connectivity index (χ2v) is 6.50. The van der Waals surface area contributed by atoms with E-state index >= 15 is 0 Å². The number of hydrogen-bond donors (Lipinski definition) is 1. The van der Waals surface area contributed by atoms with Gasteiger partial charge in [-0.2, -0.15) is 10.2 Å². The number of H-pyrrole nitrogens is 1. The van der Waals surface area contributed by atoms with Crippen molar-refractivity contribution in [1.29, 1.82) is 5.26 Å². The molecule has 148 valence electrons. The number of aromatic amines is 1. The summed E-state index contributed by atoms with van der Waals surface area (Å²) in [6.07, 6.45) is 2.94. The van der Waals surface area contributed by atoms with E-state index in [1.54, 1.807) is 45.3 Å². The lowest BCUT2D eigenvalue weighted by molar-refractivity contribution is -0.149. The average molecular weight is 393 g/mol. The van der Waals surface area contributed by atoms with Gasteiger partial charge < -0.3 is 14.2 Å².